The highest BCUT2D eigenvalue weighted by Gasteiger charge is 2.03. The number of halogens is 1. The molecule has 0 aliphatic carbocycles. The van der Waals surface area contributed by atoms with Crippen molar-refractivity contribution in [3.8, 4) is 11.5 Å². The van der Waals surface area contributed by atoms with E-state index in [0.29, 0.717) is 11.7 Å². The Morgan fingerprint density at radius 1 is 1.36 bits per heavy atom. The van der Waals surface area contributed by atoms with Gasteiger partial charge in [0.05, 0.1) is 5.88 Å². The van der Waals surface area contributed by atoms with E-state index in [2.05, 4.69) is 15.1 Å². The summed E-state index contributed by atoms with van der Waals surface area (Å²) >= 11 is 5.63. The van der Waals surface area contributed by atoms with E-state index >= 15 is 0 Å². The van der Waals surface area contributed by atoms with Crippen LogP contribution in [0.2, 0.25) is 0 Å². The molecule has 0 aliphatic rings. The van der Waals surface area contributed by atoms with Crippen LogP contribution in [0.4, 0.5) is 0 Å². The van der Waals surface area contributed by atoms with Crippen LogP contribution < -0.4 is 0 Å². The molecule has 0 aliphatic heterocycles. The quantitative estimate of drug-likeness (QED) is 0.705. The summed E-state index contributed by atoms with van der Waals surface area (Å²) < 4.78 is 1.72. The second-order valence-electron chi connectivity index (χ2n) is 2.92. The van der Waals surface area contributed by atoms with Crippen molar-refractivity contribution in [3.05, 3.63) is 30.2 Å². The summed E-state index contributed by atoms with van der Waals surface area (Å²) in [6, 6.07) is 1.87. The third-order valence-electron chi connectivity index (χ3n) is 1.80. The molecule has 0 unspecified atom stereocenters. The molecule has 0 spiro atoms. The van der Waals surface area contributed by atoms with Crippen molar-refractivity contribution in [1.82, 2.24) is 19.7 Å². The van der Waals surface area contributed by atoms with E-state index in [4.69, 9.17) is 11.6 Å². The van der Waals surface area contributed by atoms with Crippen LogP contribution in [0, 0.1) is 0 Å². The van der Waals surface area contributed by atoms with Crippen LogP contribution in [0.5, 0.6) is 0 Å². The SMILES string of the molecule is Cn1ccc(-c2ncc(CCl)cn2)n1. The van der Waals surface area contributed by atoms with Crippen molar-refractivity contribution in [3.63, 3.8) is 0 Å². The Kier molecular flexibility index (Phi) is 2.45. The lowest BCUT2D eigenvalue weighted by atomic mass is 10.3. The second kappa shape index (κ2) is 3.75. The highest BCUT2D eigenvalue weighted by atomic mass is 35.5. The first-order valence-electron chi connectivity index (χ1n) is 4.16. The molecule has 0 atom stereocenters. The van der Waals surface area contributed by atoms with Crippen LogP contribution in [0.3, 0.4) is 0 Å². The number of alkyl halides is 1. The fraction of sp³-hybridized carbons (Fsp3) is 0.222. The molecule has 4 nitrogen and oxygen atoms in total. The molecule has 2 rings (SSSR count). The molecule has 2 aromatic heterocycles. The Morgan fingerprint density at radius 2 is 2.07 bits per heavy atom. The highest BCUT2D eigenvalue weighted by Crippen LogP contribution is 2.11. The number of aromatic nitrogens is 4. The first-order valence-corrected chi connectivity index (χ1v) is 4.70. The molecule has 2 aromatic rings. The van der Waals surface area contributed by atoms with Crippen LogP contribution in [0.25, 0.3) is 11.5 Å². The Balaban J connectivity index is 2.33. The zero-order valence-electron chi connectivity index (χ0n) is 7.68. The Hall–Kier alpha value is -1.42. The zero-order valence-corrected chi connectivity index (χ0v) is 8.44. The second-order valence-corrected chi connectivity index (χ2v) is 3.19. The molecule has 0 amide bonds. The van der Waals surface area contributed by atoms with E-state index in [1.54, 1.807) is 17.1 Å². The van der Waals surface area contributed by atoms with Crippen LogP contribution in [-0.4, -0.2) is 19.7 Å². The molecule has 0 N–H and O–H groups in total. The van der Waals surface area contributed by atoms with Gasteiger partial charge in [-0.25, -0.2) is 9.97 Å². The summed E-state index contributed by atoms with van der Waals surface area (Å²) in [5.41, 5.74) is 1.68. The number of aryl methyl sites for hydroxylation is 1. The molecule has 14 heavy (non-hydrogen) atoms. The zero-order chi connectivity index (χ0) is 9.97. The minimum Gasteiger partial charge on any atom is -0.275 e. The van der Waals surface area contributed by atoms with Gasteiger partial charge in [-0.2, -0.15) is 5.10 Å². The average Bonchev–Trinajstić information content (AvgIpc) is 2.65. The largest absolute Gasteiger partial charge is 0.275 e. The van der Waals surface area contributed by atoms with Crippen molar-refractivity contribution < 1.29 is 0 Å². The first kappa shape index (κ1) is 9.15. The van der Waals surface area contributed by atoms with Gasteiger partial charge in [-0.1, -0.05) is 0 Å². The van der Waals surface area contributed by atoms with E-state index < -0.39 is 0 Å². The highest BCUT2D eigenvalue weighted by molar-refractivity contribution is 6.17. The molecule has 0 aromatic carbocycles. The van der Waals surface area contributed by atoms with Crippen molar-refractivity contribution in [2.24, 2.45) is 7.05 Å². The molecular weight excluding hydrogens is 200 g/mol. The molecule has 2 heterocycles. The van der Waals surface area contributed by atoms with Gasteiger partial charge in [-0.3, -0.25) is 4.68 Å². The Morgan fingerprint density at radius 3 is 2.57 bits per heavy atom. The fourth-order valence-electron chi connectivity index (χ4n) is 1.09. The smallest absolute Gasteiger partial charge is 0.180 e. The van der Waals surface area contributed by atoms with Gasteiger partial charge in [0, 0.05) is 31.2 Å². The van der Waals surface area contributed by atoms with Crippen molar-refractivity contribution in [2.45, 2.75) is 5.88 Å². The third kappa shape index (κ3) is 1.75. The van der Waals surface area contributed by atoms with Crippen molar-refractivity contribution in [2.75, 3.05) is 0 Å². The van der Waals surface area contributed by atoms with E-state index in [0.717, 1.165) is 11.3 Å². The molecule has 0 bridgehead atoms. The van der Waals surface area contributed by atoms with Crippen molar-refractivity contribution in [1.29, 1.82) is 0 Å². The molecule has 5 heteroatoms. The maximum Gasteiger partial charge on any atom is 0.180 e. The lowest BCUT2D eigenvalue weighted by molar-refractivity contribution is 0.768. The number of rotatable bonds is 2. The Bertz CT molecular complexity index is 421. The lowest BCUT2D eigenvalue weighted by Crippen LogP contribution is -1.93. The Labute approximate surface area is 86.6 Å². The topological polar surface area (TPSA) is 43.6 Å². The van der Waals surface area contributed by atoms with Gasteiger partial charge >= 0.3 is 0 Å². The van der Waals surface area contributed by atoms with Crippen LogP contribution in [0.1, 0.15) is 5.56 Å². The first-order chi connectivity index (χ1) is 6.79. The summed E-state index contributed by atoms with van der Waals surface area (Å²) in [5.74, 6) is 1.06. The van der Waals surface area contributed by atoms with Gasteiger partial charge in [-0.05, 0) is 6.07 Å². The minimum absolute atomic E-state index is 0.433. The molecular formula is C9H9ClN4. The molecule has 0 fully saturated rings. The molecule has 72 valence electrons. The van der Waals surface area contributed by atoms with E-state index in [-0.39, 0.29) is 0 Å². The minimum atomic E-state index is 0.433. The van der Waals surface area contributed by atoms with E-state index in [9.17, 15) is 0 Å². The summed E-state index contributed by atoms with van der Waals surface area (Å²) in [6.45, 7) is 0. The van der Waals surface area contributed by atoms with Gasteiger partial charge in [0.2, 0.25) is 0 Å². The third-order valence-corrected chi connectivity index (χ3v) is 2.11. The van der Waals surface area contributed by atoms with Gasteiger partial charge in [0.1, 0.15) is 5.69 Å². The maximum absolute atomic E-state index is 5.63. The normalized spacial score (nSPS) is 10.4. The summed E-state index contributed by atoms with van der Waals surface area (Å²) in [5, 5.41) is 4.20. The lowest BCUT2D eigenvalue weighted by Gasteiger charge is -1.96. The van der Waals surface area contributed by atoms with Crippen LogP contribution in [0.15, 0.2) is 24.7 Å². The number of nitrogens with zero attached hydrogens (tertiary/aromatic N) is 4. The van der Waals surface area contributed by atoms with Gasteiger partial charge in [0.15, 0.2) is 5.82 Å². The molecule has 0 saturated heterocycles. The summed E-state index contributed by atoms with van der Waals surface area (Å²) in [7, 11) is 1.86. The van der Waals surface area contributed by atoms with Gasteiger partial charge < -0.3 is 0 Å². The van der Waals surface area contributed by atoms with E-state index in [1.807, 2.05) is 19.3 Å². The monoisotopic (exact) mass is 208 g/mol. The van der Waals surface area contributed by atoms with Crippen LogP contribution in [-0.2, 0) is 12.9 Å². The number of hydrogen-bond acceptors (Lipinski definition) is 3. The molecule has 0 radical (unpaired) electrons. The number of hydrogen-bond donors (Lipinski definition) is 0. The van der Waals surface area contributed by atoms with Gasteiger partial charge in [0.25, 0.3) is 0 Å². The van der Waals surface area contributed by atoms with Gasteiger partial charge in [-0.15, -0.1) is 11.6 Å². The standard InChI is InChI=1S/C9H9ClN4/c1-14-3-2-8(13-14)9-11-5-7(4-10)6-12-9/h2-3,5-6H,4H2,1H3. The van der Waals surface area contributed by atoms with Crippen LogP contribution >= 0.6 is 11.6 Å². The summed E-state index contributed by atoms with van der Waals surface area (Å²) in [6.07, 6.45) is 5.28. The predicted octanol–water partition coefficient (Wildman–Crippen LogP) is 1.62. The average molecular weight is 209 g/mol. The van der Waals surface area contributed by atoms with Crippen molar-refractivity contribution >= 4 is 11.6 Å². The summed E-state index contributed by atoms with van der Waals surface area (Å²) in [4.78, 5) is 8.32. The predicted molar refractivity (Wildman–Crippen MR) is 53.8 cm³/mol. The fourth-order valence-corrected chi connectivity index (χ4v) is 1.23. The van der Waals surface area contributed by atoms with E-state index in [1.165, 1.54) is 0 Å². The maximum atomic E-state index is 5.63. The molecule has 0 saturated carbocycles.